The Morgan fingerprint density at radius 2 is 2.00 bits per heavy atom. The Labute approximate surface area is 159 Å². The van der Waals surface area contributed by atoms with Gasteiger partial charge in [-0.3, -0.25) is 14.4 Å². The molecule has 7 nitrogen and oxygen atoms in total. The number of aryl methyl sites for hydroxylation is 3. The SMILES string of the molecule is Cc1ccc(OCC2(O)CCN(CC(=O)Nc3ccn(C)n3)CC2)cc1C. The van der Waals surface area contributed by atoms with Gasteiger partial charge in [0.25, 0.3) is 0 Å². The first-order chi connectivity index (χ1) is 12.8. The maximum Gasteiger partial charge on any atom is 0.239 e. The highest BCUT2D eigenvalue weighted by Gasteiger charge is 2.33. The second-order valence-electron chi connectivity index (χ2n) is 7.46. The molecule has 0 spiro atoms. The Balaban J connectivity index is 1.44. The van der Waals surface area contributed by atoms with Gasteiger partial charge in [-0.15, -0.1) is 0 Å². The molecule has 1 aliphatic heterocycles. The van der Waals surface area contributed by atoms with Gasteiger partial charge < -0.3 is 15.2 Å². The zero-order valence-corrected chi connectivity index (χ0v) is 16.2. The number of rotatable bonds is 6. The molecule has 1 aliphatic rings. The fourth-order valence-electron chi connectivity index (χ4n) is 3.16. The largest absolute Gasteiger partial charge is 0.491 e. The highest BCUT2D eigenvalue weighted by molar-refractivity contribution is 5.91. The van der Waals surface area contributed by atoms with Crippen LogP contribution in [0.25, 0.3) is 0 Å². The maximum atomic E-state index is 12.1. The second kappa shape index (κ2) is 8.10. The fraction of sp³-hybridized carbons (Fsp3) is 0.500. The number of hydrogen-bond donors (Lipinski definition) is 2. The van der Waals surface area contributed by atoms with Crippen LogP contribution in [-0.2, 0) is 11.8 Å². The van der Waals surface area contributed by atoms with Crippen LogP contribution in [-0.4, -0.2) is 57.5 Å². The number of carbonyl (C=O) groups is 1. The molecule has 0 aliphatic carbocycles. The van der Waals surface area contributed by atoms with Crippen LogP contribution in [0.5, 0.6) is 5.75 Å². The molecular weight excluding hydrogens is 344 g/mol. The Morgan fingerprint density at radius 1 is 1.26 bits per heavy atom. The lowest BCUT2D eigenvalue weighted by atomic mass is 9.92. The number of carbonyl (C=O) groups excluding carboxylic acids is 1. The Bertz CT molecular complexity index is 794. The zero-order valence-electron chi connectivity index (χ0n) is 16.2. The molecular formula is C20H28N4O3. The Hall–Kier alpha value is -2.38. The molecule has 0 saturated carbocycles. The average molecular weight is 372 g/mol. The summed E-state index contributed by atoms with van der Waals surface area (Å²) < 4.78 is 7.47. The van der Waals surface area contributed by atoms with Gasteiger partial charge in [-0.1, -0.05) is 6.07 Å². The molecule has 2 aromatic rings. The Morgan fingerprint density at radius 3 is 2.63 bits per heavy atom. The maximum absolute atomic E-state index is 12.1. The molecule has 1 amide bonds. The predicted octanol–water partition coefficient (Wildman–Crippen LogP) is 1.88. The van der Waals surface area contributed by atoms with E-state index in [9.17, 15) is 9.90 Å². The number of amides is 1. The van der Waals surface area contributed by atoms with Crippen molar-refractivity contribution >= 4 is 11.7 Å². The topological polar surface area (TPSA) is 79.6 Å². The van der Waals surface area contributed by atoms with Crippen LogP contribution >= 0.6 is 0 Å². The van der Waals surface area contributed by atoms with Gasteiger partial charge in [0.2, 0.25) is 5.91 Å². The standard InChI is InChI=1S/C20H28N4O3/c1-15-4-5-17(12-16(15)2)27-14-20(26)7-10-24(11-8-20)13-19(25)21-18-6-9-23(3)22-18/h4-6,9,12,26H,7-8,10-11,13-14H2,1-3H3,(H,21,22,25). The summed E-state index contributed by atoms with van der Waals surface area (Å²) in [6, 6.07) is 7.72. The van der Waals surface area contributed by atoms with Gasteiger partial charge in [-0.2, -0.15) is 5.10 Å². The van der Waals surface area contributed by atoms with Gasteiger partial charge >= 0.3 is 0 Å². The molecule has 0 atom stereocenters. The molecule has 2 N–H and O–H groups in total. The summed E-state index contributed by atoms with van der Waals surface area (Å²) in [7, 11) is 1.81. The highest BCUT2D eigenvalue weighted by atomic mass is 16.5. The first-order valence-corrected chi connectivity index (χ1v) is 9.27. The van der Waals surface area contributed by atoms with Crippen molar-refractivity contribution in [2.24, 2.45) is 7.05 Å². The van der Waals surface area contributed by atoms with E-state index in [1.54, 1.807) is 24.0 Å². The van der Waals surface area contributed by atoms with Gasteiger partial charge in [-0.25, -0.2) is 0 Å². The van der Waals surface area contributed by atoms with Crippen molar-refractivity contribution in [1.29, 1.82) is 0 Å². The number of likely N-dealkylation sites (tertiary alicyclic amines) is 1. The van der Waals surface area contributed by atoms with E-state index in [4.69, 9.17) is 4.74 Å². The molecule has 2 heterocycles. The van der Waals surface area contributed by atoms with E-state index in [1.807, 2.05) is 30.0 Å². The second-order valence-corrected chi connectivity index (χ2v) is 7.46. The van der Waals surface area contributed by atoms with E-state index in [1.165, 1.54) is 11.1 Å². The molecule has 7 heteroatoms. The Kier molecular flexibility index (Phi) is 5.82. The molecule has 0 radical (unpaired) electrons. The van der Waals surface area contributed by atoms with Crippen LogP contribution in [0.4, 0.5) is 5.82 Å². The summed E-state index contributed by atoms with van der Waals surface area (Å²) in [4.78, 5) is 14.2. The predicted molar refractivity (Wildman–Crippen MR) is 104 cm³/mol. The summed E-state index contributed by atoms with van der Waals surface area (Å²) in [6.45, 7) is 5.98. The van der Waals surface area contributed by atoms with Gasteiger partial charge in [0, 0.05) is 32.4 Å². The van der Waals surface area contributed by atoms with Crippen molar-refractivity contribution < 1.29 is 14.6 Å². The molecule has 146 valence electrons. The number of aliphatic hydroxyl groups is 1. The fourth-order valence-corrected chi connectivity index (χ4v) is 3.16. The normalized spacial score (nSPS) is 16.9. The molecule has 0 unspecified atom stereocenters. The van der Waals surface area contributed by atoms with Gasteiger partial charge in [0.05, 0.1) is 6.54 Å². The zero-order chi connectivity index (χ0) is 19.4. The molecule has 1 aromatic carbocycles. The van der Waals surface area contributed by atoms with E-state index in [0.717, 1.165) is 5.75 Å². The number of anilines is 1. The van der Waals surface area contributed by atoms with Crippen LogP contribution in [0.2, 0.25) is 0 Å². The molecule has 1 saturated heterocycles. The molecule has 1 aromatic heterocycles. The van der Waals surface area contributed by atoms with Crippen molar-refractivity contribution in [2.75, 3.05) is 31.6 Å². The van der Waals surface area contributed by atoms with E-state index in [0.29, 0.717) is 38.3 Å². The van der Waals surface area contributed by atoms with Crippen molar-refractivity contribution in [2.45, 2.75) is 32.3 Å². The summed E-state index contributed by atoms with van der Waals surface area (Å²) in [6.07, 6.45) is 2.94. The smallest absolute Gasteiger partial charge is 0.239 e. The van der Waals surface area contributed by atoms with E-state index >= 15 is 0 Å². The lowest BCUT2D eigenvalue weighted by molar-refractivity contribution is -0.119. The minimum absolute atomic E-state index is 0.0921. The van der Waals surface area contributed by atoms with Crippen LogP contribution < -0.4 is 10.1 Å². The van der Waals surface area contributed by atoms with Crippen molar-refractivity contribution in [3.05, 3.63) is 41.6 Å². The van der Waals surface area contributed by atoms with Crippen molar-refractivity contribution in [3.8, 4) is 5.75 Å². The summed E-state index contributed by atoms with van der Waals surface area (Å²) in [5.41, 5.74) is 1.54. The van der Waals surface area contributed by atoms with Crippen LogP contribution in [0.3, 0.4) is 0 Å². The van der Waals surface area contributed by atoms with E-state index in [-0.39, 0.29) is 12.5 Å². The minimum atomic E-state index is -0.854. The van der Waals surface area contributed by atoms with E-state index in [2.05, 4.69) is 17.3 Å². The number of hydrogen-bond acceptors (Lipinski definition) is 5. The molecule has 0 bridgehead atoms. The van der Waals surface area contributed by atoms with Gasteiger partial charge in [-0.05, 0) is 49.9 Å². The summed E-state index contributed by atoms with van der Waals surface area (Å²) >= 11 is 0. The van der Waals surface area contributed by atoms with Gasteiger partial charge in [0.15, 0.2) is 5.82 Å². The molecule has 1 fully saturated rings. The van der Waals surface area contributed by atoms with Crippen LogP contribution in [0, 0.1) is 13.8 Å². The monoisotopic (exact) mass is 372 g/mol. The van der Waals surface area contributed by atoms with Crippen molar-refractivity contribution in [3.63, 3.8) is 0 Å². The van der Waals surface area contributed by atoms with E-state index < -0.39 is 5.60 Å². The third kappa shape index (κ3) is 5.30. The third-order valence-corrected chi connectivity index (χ3v) is 5.12. The average Bonchev–Trinajstić information content (AvgIpc) is 3.03. The number of benzene rings is 1. The quantitative estimate of drug-likeness (QED) is 0.809. The third-order valence-electron chi connectivity index (χ3n) is 5.12. The highest BCUT2D eigenvalue weighted by Crippen LogP contribution is 2.24. The van der Waals surface area contributed by atoms with Crippen LogP contribution in [0.15, 0.2) is 30.5 Å². The van der Waals surface area contributed by atoms with Crippen LogP contribution in [0.1, 0.15) is 24.0 Å². The first-order valence-electron chi connectivity index (χ1n) is 9.27. The molecule has 27 heavy (non-hydrogen) atoms. The lowest BCUT2D eigenvalue weighted by Gasteiger charge is -2.37. The van der Waals surface area contributed by atoms with Crippen molar-refractivity contribution in [1.82, 2.24) is 14.7 Å². The summed E-state index contributed by atoms with van der Waals surface area (Å²) in [5.74, 6) is 1.24. The number of aromatic nitrogens is 2. The first kappa shape index (κ1) is 19.4. The number of nitrogens with zero attached hydrogens (tertiary/aromatic N) is 3. The summed E-state index contributed by atoms with van der Waals surface area (Å²) in [5, 5.41) is 17.7. The number of nitrogens with one attached hydrogen (secondary N) is 1. The van der Waals surface area contributed by atoms with Gasteiger partial charge in [0.1, 0.15) is 18.0 Å². The molecule has 3 rings (SSSR count). The lowest BCUT2D eigenvalue weighted by Crippen LogP contribution is -2.49. The number of ether oxygens (including phenoxy) is 1. The number of piperidine rings is 1. The minimum Gasteiger partial charge on any atom is -0.491 e.